The van der Waals surface area contributed by atoms with Crippen LogP contribution in [0.25, 0.3) is 0 Å². The van der Waals surface area contributed by atoms with Crippen LogP contribution < -0.4 is 4.46 Å². The van der Waals surface area contributed by atoms with E-state index in [4.69, 9.17) is 10.1 Å². The molecule has 22 heavy (non-hydrogen) atoms. The van der Waals surface area contributed by atoms with Crippen LogP contribution in [0, 0.1) is 11.3 Å². The van der Waals surface area contributed by atoms with Gasteiger partial charge in [0.05, 0.1) is 0 Å². The van der Waals surface area contributed by atoms with Crippen LogP contribution >= 0.6 is 0 Å². The first-order valence-corrected chi connectivity index (χ1v) is 8.96. The summed E-state index contributed by atoms with van der Waals surface area (Å²) >= 11 is 0.106. The number of hydrogen-bond donors (Lipinski definition) is 0. The zero-order valence-electron chi connectivity index (χ0n) is 12.3. The molecule has 0 fully saturated rings. The zero-order valence-corrected chi connectivity index (χ0v) is 14.0. The van der Waals surface area contributed by atoms with Crippen molar-refractivity contribution in [3.8, 4) is 6.07 Å². The monoisotopic (exact) mass is 358 g/mol. The van der Waals surface area contributed by atoms with Crippen LogP contribution in [0.1, 0.15) is 24.8 Å². The Hall–Kier alpha value is -2.08. The molecule has 0 aliphatic rings. The summed E-state index contributed by atoms with van der Waals surface area (Å²) in [6.45, 7) is 0.558. The maximum absolute atomic E-state index is 8.51. The molecule has 0 aliphatic heterocycles. The van der Waals surface area contributed by atoms with Crippen molar-refractivity contribution in [2.75, 3.05) is 6.61 Å². The van der Waals surface area contributed by atoms with Gasteiger partial charge >= 0.3 is 137 Å². The topological polar surface area (TPSA) is 45.4 Å². The molecule has 3 nitrogen and oxygen atoms in total. The molecule has 2 rings (SSSR count). The Kier molecular flexibility index (Phi) is 7.25. The Labute approximate surface area is 137 Å². The summed E-state index contributed by atoms with van der Waals surface area (Å²) in [4.78, 5) is 5.46. The van der Waals surface area contributed by atoms with Crippen molar-refractivity contribution in [3.05, 3.63) is 66.2 Å². The van der Waals surface area contributed by atoms with E-state index in [2.05, 4.69) is 35.5 Å². The third kappa shape index (κ3) is 5.73. The first-order chi connectivity index (χ1) is 10.9. The second-order valence-corrected chi connectivity index (χ2v) is 6.85. The van der Waals surface area contributed by atoms with Gasteiger partial charge in [-0.3, -0.25) is 0 Å². The fraction of sp³-hybridized carbons (Fsp3) is 0.222. The molecule has 112 valence electrons. The first-order valence-electron chi connectivity index (χ1n) is 7.25. The summed E-state index contributed by atoms with van der Waals surface area (Å²) in [6.07, 6.45) is 2.29. The number of oxime groups is 1. The number of hydrogen-bond acceptors (Lipinski definition) is 3. The average molecular weight is 357 g/mol. The fourth-order valence-corrected chi connectivity index (χ4v) is 3.59. The molecule has 0 atom stereocenters. The van der Waals surface area contributed by atoms with Gasteiger partial charge in [0.15, 0.2) is 0 Å². The molecule has 0 N–H and O–H groups in total. The van der Waals surface area contributed by atoms with Gasteiger partial charge in [-0.2, -0.15) is 0 Å². The van der Waals surface area contributed by atoms with Crippen molar-refractivity contribution in [1.82, 2.24) is 0 Å². The van der Waals surface area contributed by atoms with E-state index in [0.717, 1.165) is 23.0 Å². The van der Waals surface area contributed by atoms with Crippen LogP contribution in [-0.4, -0.2) is 26.2 Å². The third-order valence-electron chi connectivity index (χ3n) is 2.90. The predicted molar refractivity (Wildman–Crippen MR) is 90.2 cm³/mol. The van der Waals surface area contributed by atoms with Crippen LogP contribution in [0.3, 0.4) is 0 Å². The molecule has 0 bridgehead atoms. The predicted octanol–water partition coefficient (Wildman–Crippen LogP) is 3.09. The molecule has 0 unspecified atom stereocenters. The number of unbranched alkanes of at least 4 members (excludes halogenated alkanes) is 2. The summed E-state index contributed by atoms with van der Waals surface area (Å²) in [5.41, 5.74) is 1.10. The van der Waals surface area contributed by atoms with Gasteiger partial charge in [-0.25, -0.2) is 0 Å². The second-order valence-electron chi connectivity index (χ2n) is 4.63. The molecule has 0 aliphatic carbocycles. The SMILES string of the molecule is N#CCCCCO/N=C(/[Se]c1ccccc1)c1ccccc1. The molecule has 0 spiro atoms. The van der Waals surface area contributed by atoms with Gasteiger partial charge in [0.2, 0.25) is 0 Å². The number of nitriles is 1. The van der Waals surface area contributed by atoms with Crippen LogP contribution in [0.15, 0.2) is 65.8 Å². The van der Waals surface area contributed by atoms with Gasteiger partial charge in [0.1, 0.15) is 0 Å². The molecule has 0 saturated carbocycles. The van der Waals surface area contributed by atoms with Crippen molar-refractivity contribution in [1.29, 1.82) is 5.26 Å². The van der Waals surface area contributed by atoms with E-state index >= 15 is 0 Å². The third-order valence-corrected chi connectivity index (χ3v) is 5.02. The van der Waals surface area contributed by atoms with E-state index in [1.807, 2.05) is 36.4 Å². The molecular weight excluding hydrogens is 339 g/mol. The van der Waals surface area contributed by atoms with E-state index < -0.39 is 0 Å². The zero-order chi connectivity index (χ0) is 15.5. The van der Waals surface area contributed by atoms with Crippen LogP contribution in [0.5, 0.6) is 0 Å². The van der Waals surface area contributed by atoms with Crippen molar-refractivity contribution >= 4 is 24.0 Å². The van der Waals surface area contributed by atoms with Gasteiger partial charge in [0.25, 0.3) is 0 Å². The van der Waals surface area contributed by atoms with Gasteiger partial charge in [-0.1, -0.05) is 0 Å². The normalized spacial score (nSPS) is 11.0. The van der Waals surface area contributed by atoms with E-state index in [-0.39, 0.29) is 15.0 Å². The quantitative estimate of drug-likeness (QED) is 0.315. The van der Waals surface area contributed by atoms with E-state index in [0.29, 0.717) is 13.0 Å². The molecule has 0 saturated heterocycles. The van der Waals surface area contributed by atoms with E-state index in [9.17, 15) is 0 Å². The Morgan fingerprint density at radius 2 is 1.68 bits per heavy atom. The fourth-order valence-electron chi connectivity index (χ4n) is 1.79. The van der Waals surface area contributed by atoms with E-state index in [1.54, 1.807) is 0 Å². The van der Waals surface area contributed by atoms with Crippen LogP contribution in [-0.2, 0) is 4.84 Å². The van der Waals surface area contributed by atoms with Crippen molar-refractivity contribution < 1.29 is 4.84 Å². The van der Waals surface area contributed by atoms with Crippen molar-refractivity contribution in [2.24, 2.45) is 5.16 Å². The molecule has 0 amide bonds. The standard InChI is InChI=1S/C18H18N2OSe/c19-14-8-3-9-15-21-20-18(16-10-4-1-5-11-16)22-17-12-6-2-7-13-17/h1-2,4-7,10-13H,3,8-9,15H2/b20-18+. The van der Waals surface area contributed by atoms with Crippen molar-refractivity contribution in [3.63, 3.8) is 0 Å². The number of benzene rings is 2. The molecule has 0 aromatic heterocycles. The molecule has 2 aromatic carbocycles. The summed E-state index contributed by atoms with van der Waals surface area (Å²) in [5.74, 6) is 0. The Morgan fingerprint density at radius 3 is 2.36 bits per heavy atom. The summed E-state index contributed by atoms with van der Waals surface area (Å²) in [6, 6.07) is 22.6. The minimum absolute atomic E-state index is 0.106. The molecule has 4 heteroatoms. The van der Waals surface area contributed by atoms with Gasteiger partial charge in [-0.05, 0) is 0 Å². The maximum atomic E-state index is 8.51. The van der Waals surface area contributed by atoms with Crippen LogP contribution in [0.2, 0.25) is 0 Å². The molecule has 0 radical (unpaired) electrons. The molecule has 0 heterocycles. The minimum atomic E-state index is 0.106. The average Bonchev–Trinajstić information content (AvgIpc) is 2.58. The molecular formula is C18H18N2OSe. The van der Waals surface area contributed by atoms with E-state index in [1.165, 1.54) is 4.46 Å². The van der Waals surface area contributed by atoms with Gasteiger partial charge < -0.3 is 0 Å². The Morgan fingerprint density at radius 1 is 1.00 bits per heavy atom. The Bertz CT molecular complexity index is 621. The molecule has 2 aromatic rings. The summed E-state index contributed by atoms with van der Waals surface area (Å²) in [7, 11) is 0. The first kappa shape index (κ1) is 16.3. The van der Waals surface area contributed by atoms with Crippen molar-refractivity contribution in [2.45, 2.75) is 19.3 Å². The number of nitrogens with zero attached hydrogens (tertiary/aromatic N) is 2. The van der Waals surface area contributed by atoms with Crippen LogP contribution in [0.4, 0.5) is 0 Å². The summed E-state index contributed by atoms with van der Waals surface area (Å²) in [5, 5.41) is 12.9. The second kappa shape index (κ2) is 9.78. The summed E-state index contributed by atoms with van der Waals surface area (Å²) < 4.78 is 2.25. The number of rotatable bonds is 8. The van der Waals surface area contributed by atoms with Gasteiger partial charge in [0, 0.05) is 0 Å². The van der Waals surface area contributed by atoms with Gasteiger partial charge in [-0.15, -0.1) is 0 Å². The Balaban J connectivity index is 2.01.